The van der Waals surface area contributed by atoms with Gasteiger partial charge in [-0.1, -0.05) is 199 Å². The molecule has 384 valence electrons. The molecule has 0 spiro atoms. The summed E-state index contributed by atoms with van der Waals surface area (Å²) >= 11 is 12.7. The topological polar surface area (TPSA) is 142 Å². The summed E-state index contributed by atoms with van der Waals surface area (Å²) in [5.74, 6) is -1.64. The molecule has 0 saturated carbocycles. The molecule has 0 saturated heterocycles. The monoisotopic (exact) mass is 1110 g/mol. The molecule has 20 heteroatoms. The Hall–Kier alpha value is -2.46. The van der Waals surface area contributed by atoms with Crippen molar-refractivity contribution in [3.8, 4) is 23.0 Å². The van der Waals surface area contributed by atoms with Crippen LogP contribution in [0.3, 0.4) is 0 Å². The molecule has 0 N–H and O–H groups in total. The lowest BCUT2D eigenvalue weighted by atomic mass is 10.0. The second-order valence-corrected chi connectivity index (χ2v) is 26.0. The van der Waals surface area contributed by atoms with Crippen LogP contribution in [0, 0.1) is 0 Å². The van der Waals surface area contributed by atoms with E-state index in [-0.39, 0.29) is 22.3 Å². The van der Waals surface area contributed by atoms with E-state index in [1.807, 2.05) is 0 Å². The Bertz CT molecular complexity index is 2030. The number of ether oxygens (including phenoxy) is 8. The molecule has 0 fully saturated rings. The molecule has 0 radical (unpaired) electrons. The van der Waals surface area contributed by atoms with Crippen LogP contribution in [0.1, 0.15) is 172 Å². The van der Waals surface area contributed by atoms with Gasteiger partial charge in [-0.05, 0) is 25.7 Å². The number of carbonyl (C=O) groups excluding carboxylic acids is 4. The molecular weight excluding hydrogens is 1050 g/mol. The van der Waals surface area contributed by atoms with Gasteiger partial charge < -0.3 is 37.9 Å². The minimum absolute atomic E-state index is 0.00486. The van der Waals surface area contributed by atoms with Crippen LogP contribution in [0.15, 0.2) is 45.0 Å². The quantitative estimate of drug-likeness (QED) is 0.0452. The Balaban J connectivity index is 1.37. The maximum atomic E-state index is 13.8. The van der Waals surface area contributed by atoms with Gasteiger partial charge in [-0.15, -0.1) is 0 Å². The lowest BCUT2D eigenvalue weighted by Gasteiger charge is -2.26. The third-order valence-electron chi connectivity index (χ3n) is 11.2. The number of fused-ring (bicyclic) bond motifs is 2. The Morgan fingerprint density at radius 2 is 0.500 bits per heavy atom. The van der Waals surface area contributed by atoms with E-state index in [4.69, 9.17) is 37.9 Å². The fourth-order valence-electron chi connectivity index (χ4n) is 7.57. The molecule has 4 heterocycles. The molecule has 0 bridgehead atoms. The van der Waals surface area contributed by atoms with Gasteiger partial charge in [-0.25, -0.2) is 19.2 Å². The Morgan fingerprint density at radius 1 is 0.300 bits per heavy atom. The van der Waals surface area contributed by atoms with Crippen LogP contribution in [-0.2, 0) is 18.9 Å². The van der Waals surface area contributed by atoms with Crippen molar-refractivity contribution in [3.63, 3.8) is 0 Å². The van der Waals surface area contributed by atoms with Gasteiger partial charge in [-0.2, -0.15) is 0 Å². The van der Waals surface area contributed by atoms with Crippen molar-refractivity contribution in [3.05, 3.63) is 47.7 Å². The summed E-state index contributed by atoms with van der Waals surface area (Å²) < 4.78 is 53.7. The van der Waals surface area contributed by atoms with Crippen LogP contribution < -0.4 is 18.9 Å². The van der Waals surface area contributed by atoms with Crippen LogP contribution in [0.4, 0.5) is 0 Å². The van der Waals surface area contributed by atoms with Crippen molar-refractivity contribution >= 4 is 118 Å². The minimum atomic E-state index is -0.705. The largest absolute Gasteiger partial charge is 0.491 e. The zero-order chi connectivity index (χ0) is 50.2. The average molecular weight is 1110 g/mol. The zero-order valence-corrected chi connectivity index (χ0v) is 47.8. The Morgan fingerprint density at radius 3 is 0.686 bits per heavy atom. The average Bonchev–Trinajstić information content (AvgIpc) is 4.00. The zero-order valence-electron chi connectivity index (χ0n) is 41.3. The van der Waals surface area contributed by atoms with Crippen molar-refractivity contribution in [2.45, 2.75) is 150 Å². The minimum Gasteiger partial charge on any atom is -0.491 e. The van der Waals surface area contributed by atoms with Crippen LogP contribution in [-0.4, -0.2) is 78.7 Å². The van der Waals surface area contributed by atoms with E-state index in [0.717, 1.165) is 128 Å². The van der Waals surface area contributed by atoms with Gasteiger partial charge in [0.15, 0.2) is 0 Å². The lowest BCUT2D eigenvalue weighted by Crippen LogP contribution is -2.18. The molecule has 4 aliphatic rings. The van der Waals surface area contributed by atoms with Crippen molar-refractivity contribution in [1.29, 1.82) is 0 Å². The predicted octanol–water partition coefficient (Wildman–Crippen LogP) is 16.1. The number of thioether (sulfide) groups is 8. The fraction of sp³-hybridized carbons (Fsp3) is 0.560. The number of hydrogen-bond donors (Lipinski definition) is 0. The normalized spacial score (nSPS) is 14.7. The van der Waals surface area contributed by atoms with Crippen LogP contribution in [0.5, 0.6) is 23.0 Å². The van der Waals surface area contributed by atoms with Crippen molar-refractivity contribution in [1.82, 2.24) is 0 Å². The molecule has 12 nitrogen and oxygen atoms in total. The number of methoxy groups -OCH3 is 4. The molecule has 0 unspecified atom stereocenters. The van der Waals surface area contributed by atoms with E-state index in [9.17, 15) is 19.2 Å². The third kappa shape index (κ3) is 13.6. The van der Waals surface area contributed by atoms with Crippen LogP contribution >= 0.6 is 94.1 Å². The van der Waals surface area contributed by atoms with Gasteiger partial charge in [-0.3, -0.25) is 0 Å². The van der Waals surface area contributed by atoms with Gasteiger partial charge in [0.2, 0.25) is 0 Å². The first-order valence-electron chi connectivity index (χ1n) is 24.1. The van der Waals surface area contributed by atoms with Crippen molar-refractivity contribution < 1.29 is 57.1 Å². The maximum absolute atomic E-state index is 13.8. The molecule has 2 aromatic carbocycles. The maximum Gasteiger partial charge on any atom is 0.342 e. The van der Waals surface area contributed by atoms with Crippen LogP contribution in [0.25, 0.3) is 0 Å². The highest BCUT2D eigenvalue weighted by Crippen LogP contribution is 2.73. The molecule has 0 atom stereocenters. The first-order chi connectivity index (χ1) is 34.1. The van der Waals surface area contributed by atoms with E-state index < -0.39 is 23.9 Å². The molecule has 6 rings (SSSR count). The van der Waals surface area contributed by atoms with E-state index in [1.54, 1.807) is 47.0 Å². The standard InChI is InChI=1S/C50H64O12S8/c1-9-13-17-21-25-59-33-29(41(51)55-5)30(42(52)56-6)34(60-26-22-18-14-10-2)38-37(33)63-45-46(64-38)68-49(67-45)50-69-47-48(70-50)66-40-36(62-28-24-20-16-12-4)32(44(54)58-8)31(43(53)57-7)35(39(40)65-47)61-27-23-19-15-11-3/h9-28H2,1-8H3. The highest BCUT2D eigenvalue weighted by molar-refractivity contribution is 8.45. The smallest absolute Gasteiger partial charge is 0.342 e. The second kappa shape index (κ2) is 28.8. The number of benzene rings is 2. The van der Waals surface area contributed by atoms with E-state index in [2.05, 4.69) is 27.7 Å². The molecule has 2 aromatic rings. The van der Waals surface area contributed by atoms with Crippen molar-refractivity contribution in [2.75, 3.05) is 54.9 Å². The van der Waals surface area contributed by atoms with Gasteiger partial charge >= 0.3 is 23.9 Å². The molecule has 70 heavy (non-hydrogen) atoms. The summed E-state index contributed by atoms with van der Waals surface area (Å²) in [5.41, 5.74) is 0.0195. The van der Waals surface area contributed by atoms with Crippen LogP contribution in [0.2, 0.25) is 0 Å². The summed E-state index contributed by atoms with van der Waals surface area (Å²) in [6.45, 7) is 10.00. The van der Waals surface area contributed by atoms with Crippen molar-refractivity contribution in [2.24, 2.45) is 0 Å². The van der Waals surface area contributed by atoms with E-state index in [0.29, 0.717) is 69.0 Å². The van der Waals surface area contributed by atoms with Gasteiger partial charge in [0.25, 0.3) is 0 Å². The summed E-state index contributed by atoms with van der Waals surface area (Å²) in [5, 5.41) is 0. The highest BCUT2D eigenvalue weighted by Gasteiger charge is 2.44. The highest BCUT2D eigenvalue weighted by atomic mass is 32.3. The first kappa shape index (κ1) is 56.8. The van der Waals surface area contributed by atoms with E-state index in [1.165, 1.54) is 75.5 Å². The first-order valence-corrected chi connectivity index (χ1v) is 30.6. The summed E-state index contributed by atoms with van der Waals surface area (Å²) in [6, 6.07) is 0. The van der Waals surface area contributed by atoms with Gasteiger partial charge in [0.05, 0.1) is 99.9 Å². The number of hydrogen-bond acceptors (Lipinski definition) is 20. The van der Waals surface area contributed by atoms with E-state index >= 15 is 0 Å². The summed E-state index contributed by atoms with van der Waals surface area (Å²) in [6.07, 6.45) is 15.4. The van der Waals surface area contributed by atoms with Gasteiger partial charge in [0, 0.05) is 0 Å². The number of unbranched alkanes of at least 4 members (excludes halogenated alkanes) is 12. The molecular formula is C50H64O12S8. The third-order valence-corrected chi connectivity index (χ3v) is 23.1. The summed E-state index contributed by atoms with van der Waals surface area (Å²) in [7, 11) is 5.18. The number of esters is 4. The Kier molecular flexibility index (Phi) is 23.4. The predicted molar refractivity (Wildman–Crippen MR) is 292 cm³/mol. The van der Waals surface area contributed by atoms with Gasteiger partial charge in [0.1, 0.15) is 45.3 Å². The number of rotatable bonds is 28. The fourth-order valence-corrected chi connectivity index (χ4v) is 19.9. The molecule has 0 amide bonds. The second-order valence-electron chi connectivity index (χ2n) is 16.3. The lowest BCUT2D eigenvalue weighted by molar-refractivity contribution is 0.0544. The SMILES string of the molecule is CCCCCCOc1c2c(c(OCCCCCC)c(C(=O)OC)c1C(=O)OC)SC1=C(SC(=C3SC4=C(S3)Sc3c(OCCCCCC)c(C(=O)OC)c(C(=O)OC)c(OCCCCCC)c3S4)S1)S2. The number of carbonyl (C=O) groups is 4. The molecule has 4 aliphatic heterocycles. The Labute approximate surface area is 447 Å². The molecule has 0 aromatic heterocycles. The molecule has 0 aliphatic carbocycles. The summed E-state index contributed by atoms with van der Waals surface area (Å²) in [4.78, 5) is 58.0.